The van der Waals surface area contributed by atoms with E-state index in [9.17, 15) is 4.79 Å². The van der Waals surface area contributed by atoms with Crippen molar-refractivity contribution in [3.8, 4) is 0 Å². The maximum atomic E-state index is 11.4. The number of hydrogen-bond acceptors (Lipinski definition) is 2. The van der Waals surface area contributed by atoms with Crippen LogP contribution in [-0.2, 0) is 4.79 Å². The summed E-state index contributed by atoms with van der Waals surface area (Å²) in [6.45, 7) is 5.69. The fourth-order valence-corrected chi connectivity index (χ4v) is 1.72. The van der Waals surface area contributed by atoms with Crippen LogP contribution in [0, 0.1) is 13.8 Å². The molecule has 0 aromatic heterocycles. The van der Waals surface area contributed by atoms with Crippen LogP contribution in [0.5, 0.6) is 0 Å². The van der Waals surface area contributed by atoms with Crippen LogP contribution in [0.25, 0.3) is 0 Å². The maximum absolute atomic E-state index is 11.4. The molecule has 1 amide bonds. The summed E-state index contributed by atoms with van der Waals surface area (Å²) in [5.74, 6) is 0.00579. The molecule has 0 atom stereocenters. The van der Waals surface area contributed by atoms with Gasteiger partial charge in [-0.1, -0.05) is 6.92 Å². The molecule has 0 saturated heterocycles. The highest BCUT2D eigenvalue weighted by Crippen LogP contribution is 2.25. The number of anilines is 2. The monoisotopic (exact) mass is 251 g/mol. The first-order valence-electron chi connectivity index (χ1n) is 5.41. The Balaban J connectivity index is 3.01. The highest BCUT2D eigenvalue weighted by atomic mass is 32.1. The Hall–Kier alpha value is -1.62. The van der Waals surface area contributed by atoms with Crippen LogP contribution in [0.3, 0.4) is 0 Å². The van der Waals surface area contributed by atoms with Gasteiger partial charge in [0.25, 0.3) is 0 Å². The summed E-state index contributed by atoms with van der Waals surface area (Å²) < 4.78 is 0. The highest BCUT2D eigenvalue weighted by molar-refractivity contribution is 7.80. The van der Waals surface area contributed by atoms with E-state index < -0.39 is 0 Å². The lowest BCUT2D eigenvalue weighted by Gasteiger charge is -2.14. The fraction of sp³-hybridized carbons (Fsp3) is 0.333. The second-order valence-electron chi connectivity index (χ2n) is 3.88. The Kier molecular flexibility index (Phi) is 4.45. The van der Waals surface area contributed by atoms with Crippen molar-refractivity contribution in [1.29, 1.82) is 0 Å². The minimum absolute atomic E-state index is 0.00579. The standard InChI is InChI=1S/C12H17N3OS/c1-4-10(16)15-11-7(2)5-9(6-8(11)3)14-12(13)17/h5-6H,4H2,1-3H3,(H,15,16)(H3,13,14,17). The molecule has 0 spiro atoms. The quantitative estimate of drug-likeness (QED) is 0.721. The van der Waals surface area contributed by atoms with Crippen LogP contribution >= 0.6 is 12.2 Å². The number of nitrogens with one attached hydrogen (secondary N) is 2. The van der Waals surface area contributed by atoms with Crippen molar-refractivity contribution in [3.05, 3.63) is 23.3 Å². The Labute approximate surface area is 107 Å². The zero-order chi connectivity index (χ0) is 13.0. The highest BCUT2D eigenvalue weighted by Gasteiger charge is 2.07. The fourth-order valence-electron chi connectivity index (χ4n) is 1.60. The Morgan fingerprint density at radius 1 is 1.29 bits per heavy atom. The van der Waals surface area contributed by atoms with E-state index in [1.807, 2.05) is 32.9 Å². The average molecular weight is 251 g/mol. The molecule has 0 aliphatic heterocycles. The minimum atomic E-state index is 0.00579. The molecule has 4 N–H and O–H groups in total. The first-order valence-corrected chi connectivity index (χ1v) is 5.82. The first-order chi connectivity index (χ1) is 7.93. The number of aryl methyl sites for hydroxylation is 2. The van der Waals surface area contributed by atoms with Crippen LogP contribution in [-0.4, -0.2) is 11.0 Å². The van der Waals surface area contributed by atoms with E-state index in [1.54, 1.807) is 0 Å². The van der Waals surface area contributed by atoms with Gasteiger partial charge in [-0.2, -0.15) is 0 Å². The third kappa shape index (κ3) is 3.71. The predicted molar refractivity (Wildman–Crippen MR) is 75.2 cm³/mol. The van der Waals surface area contributed by atoms with E-state index in [0.29, 0.717) is 6.42 Å². The molecule has 5 heteroatoms. The van der Waals surface area contributed by atoms with Gasteiger partial charge in [0, 0.05) is 17.8 Å². The lowest BCUT2D eigenvalue weighted by Crippen LogP contribution is -2.19. The molecule has 17 heavy (non-hydrogen) atoms. The molecule has 0 aliphatic rings. The van der Waals surface area contributed by atoms with Crippen molar-refractivity contribution in [1.82, 2.24) is 0 Å². The molecule has 0 aliphatic carbocycles. The van der Waals surface area contributed by atoms with Gasteiger partial charge in [-0.3, -0.25) is 4.79 Å². The van der Waals surface area contributed by atoms with Gasteiger partial charge < -0.3 is 16.4 Å². The summed E-state index contributed by atoms with van der Waals surface area (Å²) in [7, 11) is 0. The SMILES string of the molecule is CCC(=O)Nc1c(C)cc(NC(N)=S)cc1C. The van der Waals surface area contributed by atoms with Gasteiger partial charge in [0.1, 0.15) is 0 Å². The number of rotatable bonds is 3. The molecule has 1 rings (SSSR count). The van der Waals surface area contributed by atoms with Gasteiger partial charge in [-0.15, -0.1) is 0 Å². The van der Waals surface area contributed by atoms with E-state index in [1.165, 1.54) is 0 Å². The Bertz CT molecular complexity index is 434. The van der Waals surface area contributed by atoms with Crippen LogP contribution < -0.4 is 16.4 Å². The van der Waals surface area contributed by atoms with Crippen molar-refractivity contribution in [3.63, 3.8) is 0 Å². The van der Waals surface area contributed by atoms with E-state index in [4.69, 9.17) is 18.0 Å². The number of carbonyl (C=O) groups is 1. The van der Waals surface area contributed by atoms with Gasteiger partial charge in [0.05, 0.1) is 0 Å². The topological polar surface area (TPSA) is 67.2 Å². The summed E-state index contributed by atoms with van der Waals surface area (Å²) in [4.78, 5) is 11.4. The number of carbonyl (C=O) groups excluding carboxylic acids is 1. The smallest absolute Gasteiger partial charge is 0.224 e. The number of nitrogens with two attached hydrogens (primary N) is 1. The van der Waals surface area contributed by atoms with Crippen molar-refractivity contribution < 1.29 is 4.79 Å². The van der Waals surface area contributed by atoms with Gasteiger partial charge >= 0.3 is 0 Å². The molecular formula is C12H17N3OS. The van der Waals surface area contributed by atoms with E-state index in [2.05, 4.69) is 10.6 Å². The van der Waals surface area contributed by atoms with Crippen LogP contribution in [0.2, 0.25) is 0 Å². The van der Waals surface area contributed by atoms with E-state index in [0.717, 1.165) is 22.5 Å². The lowest BCUT2D eigenvalue weighted by molar-refractivity contribution is -0.115. The molecule has 0 fully saturated rings. The van der Waals surface area contributed by atoms with Crippen LogP contribution in [0.15, 0.2) is 12.1 Å². The molecule has 0 bridgehead atoms. The van der Waals surface area contributed by atoms with Crippen molar-refractivity contribution in [2.75, 3.05) is 10.6 Å². The molecule has 0 saturated carbocycles. The minimum Gasteiger partial charge on any atom is -0.376 e. The molecule has 1 aromatic rings. The summed E-state index contributed by atoms with van der Waals surface area (Å²) >= 11 is 4.78. The third-order valence-corrected chi connectivity index (χ3v) is 2.49. The zero-order valence-corrected chi connectivity index (χ0v) is 11.1. The maximum Gasteiger partial charge on any atom is 0.224 e. The van der Waals surface area contributed by atoms with Gasteiger partial charge in [0.2, 0.25) is 5.91 Å². The normalized spacial score (nSPS) is 9.82. The molecule has 1 aromatic carbocycles. The number of benzene rings is 1. The van der Waals surface area contributed by atoms with E-state index in [-0.39, 0.29) is 11.0 Å². The van der Waals surface area contributed by atoms with Gasteiger partial charge in [-0.25, -0.2) is 0 Å². The average Bonchev–Trinajstić information content (AvgIpc) is 2.22. The Morgan fingerprint density at radius 3 is 2.24 bits per heavy atom. The van der Waals surface area contributed by atoms with Gasteiger partial charge in [0.15, 0.2) is 5.11 Å². The van der Waals surface area contributed by atoms with Crippen LogP contribution in [0.4, 0.5) is 11.4 Å². The predicted octanol–water partition coefficient (Wildman–Crippen LogP) is 2.31. The lowest BCUT2D eigenvalue weighted by atomic mass is 10.1. The van der Waals surface area contributed by atoms with Crippen molar-refractivity contribution in [2.45, 2.75) is 27.2 Å². The van der Waals surface area contributed by atoms with E-state index >= 15 is 0 Å². The van der Waals surface area contributed by atoms with Crippen LogP contribution in [0.1, 0.15) is 24.5 Å². The molecular weight excluding hydrogens is 234 g/mol. The summed E-state index contributed by atoms with van der Waals surface area (Å²) in [5, 5.41) is 5.99. The summed E-state index contributed by atoms with van der Waals surface area (Å²) in [5.41, 5.74) is 9.06. The van der Waals surface area contributed by atoms with Crippen molar-refractivity contribution >= 4 is 34.6 Å². The second kappa shape index (κ2) is 5.63. The number of hydrogen-bond donors (Lipinski definition) is 3. The molecule has 0 unspecified atom stereocenters. The van der Waals surface area contributed by atoms with Crippen molar-refractivity contribution in [2.24, 2.45) is 5.73 Å². The Morgan fingerprint density at radius 2 is 1.82 bits per heavy atom. The summed E-state index contributed by atoms with van der Waals surface area (Å²) in [6, 6.07) is 3.80. The molecule has 4 nitrogen and oxygen atoms in total. The summed E-state index contributed by atoms with van der Waals surface area (Å²) in [6.07, 6.45) is 0.464. The number of thiocarbonyl (C=S) groups is 1. The molecule has 0 heterocycles. The number of amides is 1. The third-order valence-electron chi connectivity index (χ3n) is 2.39. The first kappa shape index (κ1) is 13.4. The molecule has 92 valence electrons. The molecule has 0 radical (unpaired) electrons. The zero-order valence-electron chi connectivity index (χ0n) is 10.3. The largest absolute Gasteiger partial charge is 0.376 e. The second-order valence-corrected chi connectivity index (χ2v) is 4.32. The van der Waals surface area contributed by atoms with Gasteiger partial charge in [-0.05, 0) is 49.3 Å².